The van der Waals surface area contributed by atoms with E-state index in [4.69, 9.17) is 4.74 Å². The van der Waals surface area contributed by atoms with Gasteiger partial charge in [-0.3, -0.25) is 4.90 Å². The zero-order valence-corrected chi connectivity index (χ0v) is 12.5. The molecular formula is C12H22N2O4S. The van der Waals surface area contributed by atoms with Crippen LogP contribution in [0, 0.1) is 0 Å². The van der Waals surface area contributed by atoms with Gasteiger partial charge >= 0.3 is 12.0 Å². The first-order chi connectivity index (χ1) is 9.02. The van der Waals surface area contributed by atoms with Gasteiger partial charge in [-0.1, -0.05) is 6.92 Å². The van der Waals surface area contributed by atoms with E-state index in [0.717, 1.165) is 12.8 Å². The average molecular weight is 290 g/mol. The minimum atomic E-state index is -0.929. The van der Waals surface area contributed by atoms with E-state index in [1.165, 1.54) is 16.7 Å². The van der Waals surface area contributed by atoms with Crippen molar-refractivity contribution in [2.45, 2.75) is 31.2 Å². The number of carbonyl (C=O) groups is 2. The molecule has 2 atom stereocenters. The van der Waals surface area contributed by atoms with E-state index in [-0.39, 0.29) is 11.4 Å². The number of carboxylic acid groups (broad SMARTS) is 1. The molecule has 0 aromatic heterocycles. The number of amides is 2. The molecule has 1 rings (SSSR count). The fraction of sp³-hybridized carbons (Fsp3) is 0.833. The Kier molecular flexibility index (Phi) is 6.44. The summed E-state index contributed by atoms with van der Waals surface area (Å²) in [7, 11) is 3.32. The number of thioether (sulfide) groups is 1. The normalized spacial score (nSPS) is 22.6. The standard InChI is InChI=1S/C12H22N2O4S/c1-4-10-14(9(8-19-10)11(15)16)12(17)13(2)6-5-7-18-3/h9-10H,4-8H2,1-3H3,(H,15,16). The second kappa shape index (κ2) is 7.59. The van der Waals surface area contributed by atoms with Crippen LogP contribution in [0.5, 0.6) is 0 Å². The number of methoxy groups -OCH3 is 1. The monoisotopic (exact) mass is 290 g/mol. The van der Waals surface area contributed by atoms with E-state index < -0.39 is 12.0 Å². The van der Waals surface area contributed by atoms with E-state index in [2.05, 4.69) is 0 Å². The van der Waals surface area contributed by atoms with E-state index in [9.17, 15) is 14.7 Å². The molecule has 110 valence electrons. The van der Waals surface area contributed by atoms with E-state index in [0.29, 0.717) is 18.9 Å². The van der Waals surface area contributed by atoms with Gasteiger partial charge in [0.15, 0.2) is 0 Å². The van der Waals surface area contributed by atoms with Crippen molar-refractivity contribution in [2.24, 2.45) is 0 Å². The van der Waals surface area contributed by atoms with Crippen molar-refractivity contribution in [1.82, 2.24) is 9.80 Å². The van der Waals surface area contributed by atoms with Crippen LogP contribution < -0.4 is 0 Å². The Labute approximate surface area is 118 Å². The molecule has 0 aliphatic carbocycles. The largest absolute Gasteiger partial charge is 0.480 e. The van der Waals surface area contributed by atoms with Gasteiger partial charge in [0.1, 0.15) is 6.04 Å². The van der Waals surface area contributed by atoms with Crippen molar-refractivity contribution in [2.75, 3.05) is 33.1 Å². The zero-order valence-electron chi connectivity index (χ0n) is 11.7. The summed E-state index contributed by atoms with van der Waals surface area (Å²) in [6, 6.07) is -0.923. The van der Waals surface area contributed by atoms with Crippen molar-refractivity contribution in [3.8, 4) is 0 Å². The van der Waals surface area contributed by atoms with Gasteiger partial charge in [0, 0.05) is 33.1 Å². The molecule has 0 bridgehead atoms. The molecule has 0 aromatic carbocycles. The molecule has 0 aromatic rings. The second-order valence-electron chi connectivity index (χ2n) is 4.51. The smallest absolute Gasteiger partial charge is 0.327 e. The highest BCUT2D eigenvalue weighted by atomic mass is 32.2. The van der Waals surface area contributed by atoms with Gasteiger partial charge in [-0.15, -0.1) is 11.8 Å². The third kappa shape index (κ3) is 4.01. The number of aliphatic carboxylic acids is 1. The van der Waals surface area contributed by atoms with Gasteiger partial charge in [0.2, 0.25) is 0 Å². The molecule has 1 saturated heterocycles. The van der Waals surface area contributed by atoms with Crippen LogP contribution in [0.15, 0.2) is 0 Å². The molecule has 7 heteroatoms. The number of rotatable bonds is 6. The highest BCUT2D eigenvalue weighted by Crippen LogP contribution is 2.32. The SMILES string of the molecule is CCC1SCC(C(=O)O)N1C(=O)N(C)CCCOC. The lowest BCUT2D eigenvalue weighted by atomic mass is 10.2. The molecule has 1 heterocycles. The molecular weight excluding hydrogens is 268 g/mol. The van der Waals surface area contributed by atoms with Gasteiger partial charge in [-0.05, 0) is 12.8 Å². The molecule has 19 heavy (non-hydrogen) atoms. The van der Waals surface area contributed by atoms with E-state index >= 15 is 0 Å². The number of urea groups is 1. The van der Waals surface area contributed by atoms with Gasteiger partial charge in [0.25, 0.3) is 0 Å². The van der Waals surface area contributed by atoms with Crippen LogP contribution in [0.4, 0.5) is 4.79 Å². The summed E-state index contributed by atoms with van der Waals surface area (Å²) in [5.74, 6) is -0.465. The van der Waals surface area contributed by atoms with Gasteiger partial charge in [0.05, 0.1) is 5.37 Å². The maximum absolute atomic E-state index is 12.4. The first kappa shape index (κ1) is 16.1. The van der Waals surface area contributed by atoms with Crippen molar-refractivity contribution >= 4 is 23.8 Å². The van der Waals surface area contributed by atoms with Gasteiger partial charge in [-0.2, -0.15) is 0 Å². The zero-order chi connectivity index (χ0) is 14.4. The molecule has 1 aliphatic heterocycles. The topological polar surface area (TPSA) is 70.1 Å². The first-order valence-corrected chi connectivity index (χ1v) is 7.44. The number of hydrogen-bond acceptors (Lipinski definition) is 4. The minimum Gasteiger partial charge on any atom is -0.480 e. The summed E-state index contributed by atoms with van der Waals surface area (Å²) in [6.45, 7) is 3.12. The minimum absolute atomic E-state index is 0.0431. The molecule has 0 saturated carbocycles. The van der Waals surface area contributed by atoms with Gasteiger partial charge in [-0.25, -0.2) is 9.59 Å². The molecule has 1 fully saturated rings. The summed E-state index contributed by atoms with van der Waals surface area (Å²) in [5.41, 5.74) is 0. The number of carbonyl (C=O) groups excluding carboxylic acids is 1. The molecule has 0 spiro atoms. The van der Waals surface area contributed by atoms with Crippen molar-refractivity contribution in [3.63, 3.8) is 0 Å². The highest BCUT2D eigenvalue weighted by molar-refractivity contribution is 8.00. The summed E-state index contributed by atoms with van der Waals surface area (Å²) in [6.07, 6.45) is 1.50. The Morgan fingerprint density at radius 3 is 2.74 bits per heavy atom. The van der Waals surface area contributed by atoms with Crippen molar-refractivity contribution < 1.29 is 19.4 Å². The summed E-state index contributed by atoms with van der Waals surface area (Å²) < 4.78 is 4.95. The van der Waals surface area contributed by atoms with E-state index in [1.807, 2.05) is 6.92 Å². The Morgan fingerprint density at radius 2 is 2.21 bits per heavy atom. The predicted molar refractivity (Wildman–Crippen MR) is 74.3 cm³/mol. The Morgan fingerprint density at radius 1 is 1.53 bits per heavy atom. The predicted octanol–water partition coefficient (Wildman–Crippen LogP) is 1.31. The Bertz CT molecular complexity index is 327. The van der Waals surface area contributed by atoms with Crippen LogP contribution in [0.3, 0.4) is 0 Å². The molecule has 6 nitrogen and oxygen atoms in total. The van der Waals surface area contributed by atoms with Gasteiger partial charge < -0.3 is 14.7 Å². The average Bonchev–Trinajstić information content (AvgIpc) is 2.81. The maximum atomic E-state index is 12.4. The summed E-state index contributed by atoms with van der Waals surface area (Å²) in [4.78, 5) is 26.6. The molecule has 2 unspecified atom stereocenters. The van der Waals surface area contributed by atoms with Crippen LogP contribution >= 0.6 is 11.8 Å². The summed E-state index contributed by atoms with van der Waals surface area (Å²) in [5, 5.41) is 9.15. The number of hydrogen-bond donors (Lipinski definition) is 1. The van der Waals surface area contributed by atoms with Crippen LogP contribution in [-0.2, 0) is 9.53 Å². The Hall–Kier alpha value is -0.950. The molecule has 2 amide bonds. The third-order valence-electron chi connectivity index (χ3n) is 3.12. The maximum Gasteiger partial charge on any atom is 0.327 e. The Balaban J connectivity index is 2.67. The fourth-order valence-electron chi connectivity index (χ4n) is 2.06. The lowest BCUT2D eigenvalue weighted by Crippen LogP contribution is -2.50. The van der Waals surface area contributed by atoms with Crippen LogP contribution in [0.25, 0.3) is 0 Å². The second-order valence-corrected chi connectivity index (χ2v) is 5.72. The lowest BCUT2D eigenvalue weighted by Gasteiger charge is -2.31. The molecule has 0 radical (unpaired) electrons. The van der Waals surface area contributed by atoms with Crippen LogP contribution in [-0.4, -0.2) is 71.4 Å². The third-order valence-corrected chi connectivity index (χ3v) is 4.57. The number of nitrogens with zero attached hydrogens (tertiary/aromatic N) is 2. The highest BCUT2D eigenvalue weighted by Gasteiger charge is 2.41. The number of carboxylic acids is 1. The first-order valence-electron chi connectivity index (χ1n) is 6.39. The molecule has 1 N–H and O–H groups in total. The molecule has 1 aliphatic rings. The van der Waals surface area contributed by atoms with Crippen molar-refractivity contribution in [1.29, 1.82) is 0 Å². The number of ether oxygens (including phenoxy) is 1. The summed E-state index contributed by atoms with van der Waals surface area (Å²) >= 11 is 1.53. The van der Waals surface area contributed by atoms with Crippen LogP contribution in [0.1, 0.15) is 19.8 Å². The fourth-order valence-corrected chi connectivity index (χ4v) is 3.40. The van der Waals surface area contributed by atoms with Crippen molar-refractivity contribution in [3.05, 3.63) is 0 Å². The van der Waals surface area contributed by atoms with E-state index in [1.54, 1.807) is 19.1 Å². The quantitative estimate of drug-likeness (QED) is 0.747. The van der Waals surface area contributed by atoms with Crippen LogP contribution in [0.2, 0.25) is 0 Å². The lowest BCUT2D eigenvalue weighted by molar-refractivity contribution is -0.141.